The monoisotopic (exact) mass is 545 g/mol. The zero-order valence-corrected chi connectivity index (χ0v) is 21.6. The summed E-state index contributed by atoms with van der Waals surface area (Å²) >= 11 is 0. The number of aryl methyl sites for hydroxylation is 3. The number of likely N-dealkylation sites (tertiary alicyclic amines) is 1. The fraction of sp³-hybridized carbons (Fsp3) is 0.393. The second-order valence-corrected chi connectivity index (χ2v) is 9.78. The van der Waals surface area contributed by atoms with Crippen molar-refractivity contribution >= 4 is 11.9 Å². The molecule has 1 saturated heterocycles. The Morgan fingerprint density at radius 1 is 1.03 bits per heavy atom. The minimum Gasteiger partial charge on any atom is -0.473 e. The Balaban J connectivity index is 0.000000531. The van der Waals surface area contributed by atoms with Crippen LogP contribution in [0.3, 0.4) is 0 Å². The molecule has 0 radical (unpaired) electrons. The summed E-state index contributed by atoms with van der Waals surface area (Å²) in [6.07, 6.45) is 0.270. The van der Waals surface area contributed by atoms with Gasteiger partial charge in [0.2, 0.25) is 0 Å². The van der Waals surface area contributed by atoms with Crippen LogP contribution < -0.4 is 0 Å². The molecule has 0 spiro atoms. The number of aromatic nitrogens is 2. The predicted molar refractivity (Wildman–Crippen MR) is 136 cm³/mol. The third kappa shape index (κ3) is 6.66. The zero-order valence-electron chi connectivity index (χ0n) is 21.6. The number of rotatable bonds is 3. The van der Waals surface area contributed by atoms with Crippen LogP contribution >= 0.6 is 0 Å². The molecule has 208 valence electrons. The van der Waals surface area contributed by atoms with Gasteiger partial charge in [0, 0.05) is 31.4 Å². The van der Waals surface area contributed by atoms with Crippen molar-refractivity contribution in [2.24, 2.45) is 0 Å². The second-order valence-electron chi connectivity index (χ2n) is 9.78. The van der Waals surface area contributed by atoms with E-state index < -0.39 is 23.7 Å². The first kappa shape index (κ1) is 28.3. The number of hydrogen-bond acceptors (Lipinski definition) is 5. The van der Waals surface area contributed by atoms with Crippen LogP contribution in [0.15, 0.2) is 48.7 Å². The van der Waals surface area contributed by atoms with Crippen LogP contribution in [0, 0.1) is 6.92 Å². The van der Waals surface area contributed by atoms with Crippen LogP contribution in [0.5, 0.6) is 0 Å². The van der Waals surface area contributed by atoms with Crippen LogP contribution in [0.4, 0.5) is 13.2 Å². The second kappa shape index (κ2) is 11.6. The predicted octanol–water partition coefficient (Wildman–Crippen LogP) is 4.79. The number of imidazole rings is 1. The van der Waals surface area contributed by atoms with Gasteiger partial charge in [-0.1, -0.05) is 30.3 Å². The highest BCUT2D eigenvalue weighted by Crippen LogP contribution is 2.37. The summed E-state index contributed by atoms with van der Waals surface area (Å²) < 4.78 is 48.2. The highest BCUT2D eigenvalue weighted by Gasteiger charge is 2.32. The van der Waals surface area contributed by atoms with Gasteiger partial charge in [0.1, 0.15) is 11.9 Å². The van der Waals surface area contributed by atoms with E-state index in [-0.39, 0.29) is 12.2 Å². The summed E-state index contributed by atoms with van der Waals surface area (Å²) in [4.78, 5) is 25.5. The Bertz CT molecular complexity index is 1330. The van der Waals surface area contributed by atoms with Gasteiger partial charge in [-0.15, -0.1) is 0 Å². The van der Waals surface area contributed by atoms with E-state index in [4.69, 9.17) is 29.5 Å². The van der Waals surface area contributed by atoms with Crippen molar-refractivity contribution in [2.45, 2.75) is 51.1 Å². The molecule has 0 bridgehead atoms. The normalized spacial score (nSPS) is 17.8. The number of ether oxygens (including phenoxy) is 1. The Kier molecular flexibility index (Phi) is 8.41. The van der Waals surface area contributed by atoms with Gasteiger partial charge < -0.3 is 24.4 Å². The van der Waals surface area contributed by atoms with Gasteiger partial charge in [-0.2, -0.15) is 13.2 Å². The number of benzene rings is 2. The molecule has 2 aliphatic heterocycles. The maximum absolute atomic E-state index is 13.1. The van der Waals surface area contributed by atoms with Crippen LogP contribution in [-0.2, 0) is 33.5 Å². The Labute approximate surface area is 223 Å². The molecule has 2 aliphatic rings. The molecule has 3 aromatic rings. The van der Waals surface area contributed by atoms with E-state index in [1.54, 1.807) is 6.92 Å². The topological polar surface area (TPSA) is 105 Å². The van der Waals surface area contributed by atoms with Crippen LogP contribution in [-0.4, -0.2) is 62.8 Å². The summed E-state index contributed by atoms with van der Waals surface area (Å²) in [5, 5.41) is 14.8. The van der Waals surface area contributed by atoms with Crippen molar-refractivity contribution in [3.05, 3.63) is 76.7 Å². The first-order valence-electron chi connectivity index (χ1n) is 12.6. The van der Waals surface area contributed by atoms with Crippen molar-refractivity contribution in [3.8, 4) is 11.3 Å². The minimum atomic E-state index is -4.36. The molecule has 39 heavy (non-hydrogen) atoms. The molecule has 8 nitrogen and oxygen atoms in total. The smallest absolute Gasteiger partial charge is 0.416 e. The maximum Gasteiger partial charge on any atom is 0.416 e. The average molecular weight is 546 g/mol. The third-order valence-corrected chi connectivity index (χ3v) is 7.01. The van der Waals surface area contributed by atoms with Gasteiger partial charge >= 0.3 is 18.1 Å². The molecule has 1 fully saturated rings. The number of carbonyl (C=O) groups is 2. The molecule has 1 unspecified atom stereocenters. The van der Waals surface area contributed by atoms with E-state index in [2.05, 4.69) is 34.7 Å². The van der Waals surface area contributed by atoms with Crippen molar-refractivity contribution in [3.63, 3.8) is 0 Å². The lowest BCUT2D eigenvalue weighted by molar-refractivity contribution is -0.159. The summed E-state index contributed by atoms with van der Waals surface area (Å²) in [5.74, 6) is -2.82. The first-order chi connectivity index (χ1) is 18.4. The van der Waals surface area contributed by atoms with Crippen LogP contribution in [0.25, 0.3) is 11.3 Å². The van der Waals surface area contributed by atoms with Gasteiger partial charge in [-0.25, -0.2) is 14.6 Å². The molecule has 2 aromatic carbocycles. The lowest BCUT2D eigenvalue weighted by Crippen LogP contribution is -2.35. The quantitative estimate of drug-likeness (QED) is 0.456. The molecule has 5 rings (SSSR count). The fourth-order valence-corrected chi connectivity index (χ4v) is 4.92. The standard InChI is InChI=1S/C26H28F3N3O.C2H2O4/c1-17-15-19(26(27,28)29)7-8-21(17)23-16-32-14-9-18-5-3-4-6-22(18)24(25(32)30-23)33-20-10-12-31(2)13-11-20;3-1(4)2(5)6/h3-8,15-16,20,24H,9-14H2,1-2H3;(H,3,4)(H,5,6). The molecule has 3 heterocycles. The van der Waals surface area contributed by atoms with Gasteiger partial charge in [-0.3, -0.25) is 0 Å². The lowest BCUT2D eigenvalue weighted by atomic mass is 9.99. The Hall–Kier alpha value is -3.70. The number of carboxylic acids is 2. The van der Waals surface area contributed by atoms with Gasteiger partial charge in [0.25, 0.3) is 0 Å². The fourth-order valence-electron chi connectivity index (χ4n) is 4.92. The van der Waals surface area contributed by atoms with E-state index in [0.29, 0.717) is 11.3 Å². The van der Waals surface area contributed by atoms with Gasteiger partial charge in [-0.05, 0) is 62.1 Å². The molecule has 0 aliphatic carbocycles. The van der Waals surface area contributed by atoms with E-state index in [0.717, 1.165) is 61.9 Å². The SMILES string of the molecule is Cc1cc(C(F)(F)F)ccc1-c1cn2c(n1)C(OC1CCN(C)CC1)c1ccccc1CC2.O=C(O)C(=O)O. The number of piperidine rings is 1. The number of carboxylic acid groups (broad SMARTS) is 2. The Morgan fingerprint density at radius 2 is 1.69 bits per heavy atom. The van der Waals surface area contributed by atoms with Crippen molar-refractivity contribution in [2.75, 3.05) is 20.1 Å². The largest absolute Gasteiger partial charge is 0.473 e. The molecule has 1 atom stereocenters. The molecular weight excluding hydrogens is 515 g/mol. The number of alkyl halides is 3. The first-order valence-corrected chi connectivity index (χ1v) is 12.6. The molecule has 11 heteroatoms. The minimum absolute atomic E-state index is 0.152. The molecule has 2 N–H and O–H groups in total. The maximum atomic E-state index is 13.1. The van der Waals surface area contributed by atoms with Crippen molar-refractivity contribution in [1.82, 2.24) is 14.5 Å². The number of halogens is 3. The molecular formula is C28H30F3N3O5. The molecule has 1 aromatic heterocycles. The van der Waals surface area contributed by atoms with Crippen molar-refractivity contribution in [1.29, 1.82) is 0 Å². The number of aliphatic carboxylic acids is 2. The summed E-state index contributed by atoms with van der Waals surface area (Å²) in [6, 6.07) is 12.2. The van der Waals surface area contributed by atoms with Crippen molar-refractivity contribution < 1.29 is 37.7 Å². The van der Waals surface area contributed by atoms with Crippen LogP contribution in [0.1, 0.15) is 47.0 Å². The highest BCUT2D eigenvalue weighted by atomic mass is 19.4. The number of fused-ring (bicyclic) bond motifs is 2. The summed E-state index contributed by atoms with van der Waals surface area (Å²) in [5.41, 5.74) is 3.72. The van der Waals surface area contributed by atoms with E-state index in [1.165, 1.54) is 17.7 Å². The Morgan fingerprint density at radius 3 is 2.31 bits per heavy atom. The molecule has 0 amide bonds. The van der Waals surface area contributed by atoms with E-state index >= 15 is 0 Å². The number of nitrogens with zero attached hydrogens (tertiary/aromatic N) is 3. The zero-order chi connectivity index (χ0) is 28.3. The van der Waals surface area contributed by atoms with Crippen LogP contribution in [0.2, 0.25) is 0 Å². The summed E-state index contributed by atoms with van der Waals surface area (Å²) in [6.45, 7) is 4.47. The third-order valence-electron chi connectivity index (χ3n) is 7.01. The van der Waals surface area contributed by atoms with Gasteiger partial charge in [0.05, 0.1) is 17.4 Å². The molecule has 0 saturated carbocycles. The average Bonchev–Trinajstić information content (AvgIpc) is 3.25. The lowest BCUT2D eigenvalue weighted by Gasteiger charge is -2.32. The van der Waals surface area contributed by atoms with E-state index in [1.807, 2.05) is 12.3 Å². The highest BCUT2D eigenvalue weighted by molar-refractivity contribution is 6.27. The number of hydrogen-bond donors (Lipinski definition) is 2. The van der Waals surface area contributed by atoms with E-state index in [9.17, 15) is 13.2 Å². The van der Waals surface area contributed by atoms with Gasteiger partial charge in [0.15, 0.2) is 0 Å². The summed E-state index contributed by atoms with van der Waals surface area (Å²) in [7, 11) is 2.13.